The van der Waals surface area contributed by atoms with Crippen LogP contribution in [0.5, 0.6) is 0 Å². The van der Waals surface area contributed by atoms with Gasteiger partial charge in [-0.2, -0.15) is 0 Å². The standard InChI is InChI=1S/C13H24O/c1-13(10-14-2)8-7-11-5-3-4-6-12(11)9-13/h11-12H,3-10H2,1-2H3. The molecule has 0 radical (unpaired) electrons. The van der Waals surface area contributed by atoms with Crippen LogP contribution in [0.2, 0.25) is 0 Å². The number of rotatable bonds is 2. The molecule has 0 spiro atoms. The first-order valence-electron chi connectivity index (χ1n) is 6.22. The molecule has 0 heterocycles. The van der Waals surface area contributed by atoms with Gasteiger partial charge in [0.2, 0.25) is 0 Å². The van der Waals surface area contributed by atoms with E-state index in [0.29, 0.717) is 5.41 Å². The lowest BCUT2D eigenvalue weighted by Gasteiger charge is -2.44. The van der Waals surface area contributed by atoms with E-state index in [2.05, 4.69) is 6.92 Å². The van der Waals surface area contributed by atoms with E-state index in [0.717, 1.165) is 18.4 Å². The zero-order chi connectivity index (χ0) is 10.0. The minimum atomic E-state index is 0.493. The third kappa shape index (κ3) is 2.13. The fourth-order valence-electron chi connectivity index (χ4n) is 3.68. The van der Waals surface area contributed by atoms with E-state index < -0.39 is 0 Å². The maximum Gasteiger partial charge on any atom is 0.0516 e. The lowest BCUT2D eigenvalue weighted by Crippen LogP contribution is -2.36. The first-order valence-corrected chi connectivity index (χ1v) is 6.22. The lowest BCUT2D eigenvalue weighted by molar-refractivity contribution is 0.00840. The van der Waals surface area contributed by atoms with Crippen molar-refractivity contribution < 1.29 is 4.74 Å². The summed E-state index contributed by atoms with van der Waals surface area (Å²) in [6.45, 7) is 3.39. The maximum absolute atomic E-state index is 5.36. The van der Waals surface area contributed by atoms with Gasteiger partial charge in [-0.3, -0.25) is 0 Å². The Labute approximate surface area is 88.2 Å². The van der Waals surface area contributed by atoms with E-state index in [9.17, 15) is 0 Å². The molecule has 0 aromatic rings. The van der Waals surface area contributed by atoms with Crippen LogP contribution in [0.25, 0.3) is 0 Å². The zero-order valence-electron chi connectivity index (χ0n) is 9.72. The van der Waals surface area contributed by atoms with Crippen LogP contribution >= 0.6 is 0 Å². The molecule has 3 atom stereocenters. The van der Waals surface area contributed by atoms with Gasteiger partial charge in [0.15, 0.2) is 0 Å². The van der Waals surface area contributed by atoms with Crippen molar-refractivity contribution in [3.05, 3.63) is 0 Å². The summed E-state index contributed by atoms with van der Waals surface area (Å²) >= 11 is 0. The van der Waals surface area contributed by atoms with Crippen LogP contribution in [-0.2, 0) is 4.74 Å². The summed E-state index contributed by atoms with van der Waals surface area (Å²) in [5, 5.41) is 0. The van der Waals surface area contributed by atoms with Crippen molar-refractivity contribution in [2.24, 2.45) is 17.3 Å². The van der Waals surface area contributed by atoms with Crippen LogP contribution in [0.1, 0.15) is 51.9 Å². The molecule has 1 heteroatoms. The fraction of sp³-hybridized carbons (Fsp3) is 1.00. The average molecular weight is 196 g/mol. The lowest BCUT2D eigenvalue weighted by atomic mass is 9.62. The Morgan fingerprint density at radius 3 is 2.57 bits per heavy atom. The predicted octanol–water partition coefficient (Wildman–Crippen LogP) is 3.63. The maximum atomic E-state index is 5.36. The van der Waals surface area contributed by atoms with E-state index in [1.807, 2.05) is 7.11 Å². The minimum Gasteiger partial charge on any atom is -0.384 e. The molecule has 0 aromatic carbocycles. The van der Waals surface area contributed by atoms with E-state index in [1.54, 1.807) is 0 Å². The Bertz CT molecular complexity index is 190. The van der Waals surface area contributed by atoms with Crippen LogP contribution in [0.4, 0.5) is 0 Å². The number of fused-ring (bicyclic) bond motifs is 1. The molecule has 0 N–H and O–H groups in total. The van der Waals surface area contributed by atoms with Gasteiger partial charge in [-0.05, 0) is 36.5 Å². The molecule has 3 unspecified atom stereocenters. The van der Waals surface area contributed by atoms with Gasteiger partial charge in [-0.25, -0.2) is 0 Å². The molecule has 0 amide bonds. The SMILES string of the molecule is COCC1(C)CCC2CCCCC2C1. The Morgan fingerprint density at radius 2 is 1.86 bits per heavy atom. The van der Waals surface area contributed by atoms with Crippen molar-refractivity contribution >= 4 is 0 Å². The minimum absolute atomic E-state index is 0.493. The van der Waals surface area contributed by atoms with Crippen molar-refractivity contribution in [2.45, 2.75) is 51.9 Å². The summed E-state index contributed by atoms with van der Waals surface area (Å²) in [7, 11) is 1.85. The Hall–Kier alpha value is -0.0400. The van der Waals surface area contributed by atoms with Crippen molar-refractivity contribution in [1.82, 2.24) is 0 Å². The second kappa shape index (κ2) is 4.22. The van der Waals surface area contributed by atoms with E-state index in [1.165, 1.54) is 44.9 Å². The Balaban J connectivity index is 1.94. The highest BCUT2D eigenvalue weighted by molar-refractivity contribution is 4.89. The van der Waals surface area contributed by atoms with Crippen molar-refractivity contribution in [3.63, 3.8) is 0 Å². The van der Waals surface area contributed by atoms with Gasteiger partial charge < -0.3 is 4.74 Å². The summed E-state index contributed by atoms with van der Waals surface area (Å²) < 4.78 is 5.36. The summed E-state index contributed by atoms with van der Waals surface area (Å²) in [5.41, 5.74) is 0.493. The molecule has 0 saturated heterocycles. The van der Waals surface area contributed by atoms with Crippen molar-refractivity contribution in [2.75, 3.05) is 13.7 Å². The molecule has 82 valence electrons. The number of methoxy groups -OCH3 is 1. The average Bonchev–Trinajstić information content (AvgIpc) is 2.17. The molecule has 2 rings (SSSR count). The highest BCUT2D eigenvalue weighted by Crippen LogP contribution is 2.47. The Morgan fingerprint density at radius 1 is 1.14 bits per heavy atom. The van der Waals surface area contributed by atoms with E-state index >= 15 is 0 Å². The van der Waals surface area contributed by atoms with Gasteiger partial charge in [-0.1, -0.05) is 32.6 Å². The van der Waals surface area contributed by atoms with Gasteiger partial charge in [-0.15, -0.1) is 0 Å². The summed E-state index contributed by atoms with van der Waals surface area (Å²) in [6.07, 6.45) is 10.2. The molecule has 14 heavy (non-hydrogen) atoms. The van der Waals surface area contributed by atoms with E-state index in [-0.39, 0.29) is 0 Å². The van der Waals surface area contributed by atoms with Gasteiger partial charge in [0.05, 0.1) is 6.61 Å². The highest BCUT2D eigenvalue weighted by Gasteiger charge is 2.38. The topological polar surface area (TPSA) is 9.23 Å². The molecular formula is C13H24O. The second-order valence-corrected chi connectivity index (χ2v) is 5.79. The second-order valence-electron chi connectivity index (χ2n) is 5.79. The van der Waals surface area contributed by atoms with E-state index in [4.69, 9.17) is 4.74 Å². The van der Waals surface area contributed by atoms with Crippen LogP contribution in [0.3, 0.4) is 0 Å². The first-order chi connectivity index (χ1) is 6.73. The molecule has 2 fully saturated rings. The highest BCUT2D eigenvalue weighted by atomic mass is 16.5. The zero-order valence-corrected chi connectivity index (χ0v) is 9.72. The van der Waals surface area contributed by atoms with Crippen LogP contribution in [0, 0.1) is 17.3 Å². The molecule has 1 nitrogen and oxygen atoms in total. The molecular weight excluding hydrogens is 172 g/mol. The summed E-state index contributed by atoms with van der Waals surface area (Å²) in [5.74, 6) is 2.09. The summed E-state index contributed by atoms with van der Waals surface area (Å²) in [6, 6.07) is 0. The van der Waals surface area contributed by atoms with Gasteiger partial charge >= 0.3 is 0 Å². The first kappa shape index (κ1) is 10.5. The largest absolute Gasteiger partial charge is 0.384 e. The monoisotopic (exact) mass is 196 g/mol. The van der Waals surface area contributed by atoms with Crippen molar-refractivity contribution in [3.8, 4) is 0 Å². The molecule has 0 bridgehead atoms. The molecule has 0 aromatic heterocycles. The smallest absolute Gasteiger partial charge is 0.0516 e. The summed E-state index contributed by atoms with van der Waals surface area (Å²) in [4.78, 5) is 0. The number of ether oxygens (including phenoxy) is 1. The fourth-order valence-corrected chi connectivity index (χ4v) is 3.68. The molecule has 2 aliphatic carbocycles. The van der Waals surface area contributed by atoms with Crippen LogP contribution in [-0.4, -0.2) is 13.7 Å². The van der Waals surface area contributed by atoms with Crippen LogP contribution < -0.4 is 0 Å². The van der Waals surface area contributed by atoms with Gasteiger partial charge in [0.1, 0.15) is 0 Å². The third-order valence-electron chi connectivity index (χ3n) is 4.43. The quantitative estimate of drug-likeness (QED) is 0.655. The molecule has 0 aliphatic heterocycles. The Kier molecular flexibility index (Phi) is 3.16. The van der Waals surface area contributed by atoms with Gasteiger partial charge in [0.25, 0.3) is 0 Å². The van der Waals surface area contributed by atoms with Gasteiger partial charge in [0, 0.05) is 7.11 Å². The molecule has 2 aliphatic rings. The predicted molar refractivity (Wildman–Crippen MR) is 59.3 cm³/mol. The van der Waals surface area contributed by atoms with Crippen LogP contribution in [0.15, 0.2) is 0 Å². The normalized spacial score (nSPS) is 43.3. The van der Waals surface area contributed by atoms with Crippen molar-refractivity contribution in [1.29, 1.82) is 0 Å². The molecule has 2 saturated carbocycles. The number of hydrogen-bond acceptors (Lipinski definition) is 1. The third-order valence-corrected chi connectivity index (χ3v) is 4.43. The number of hydrogen-bond donors (Lipinski definition) is 0.